The summed E-state index contributed by atoms with van der Waals surface area (Å²) < 4.78 is 29.1. The van der Waals surface area contributed by atoms with Crippen molar-refractivity contribution < 1.29 is 13.5 Å². The zero-order chi connectivity index (χ0) is 15.5. The van der Waals surface area contributed by atoms with E-state index < -0.39 is 6.61 Å². The Morgan fingerprint density at radius 3 is 2.82 bits per heavy atom. The number of hydrogen-bond acceptors (Lipinski definition) is 3. The van der Waals surface area contributed by atoms with Crippen LogP contribution in [-0.2, 0) is 13.0 Å². The Morgan fingerprint density at radius 2 is 2.00 bits per heavy atom. The molecule has 2 aromatic rings. The van der Waals surface area contributed by atoms with Crippen molar-refractivity contribution in [2.45, 2.75) is 26.0 Å². The van der Waals surface area contributed by atoms with Crippen molar-refractivity contribution in [1.29, 1.82) is 0 Å². The SMILES string of the molecule is Nc1cccc2c1CCCN2Cc1cccc(OC(F)F)c1. The van der Waals surface area contributed by atoms with E-state index in [4.69, 9.17) is 5.73 Å². The average Bonchev–Trinajstić information content (AvgIpc) is 2.48. The van der Waals surface area contributed by atoms with Gasteiger partial charge in [0.15, 0.2) is 0 Å². The highest BCUT2D eigenvalue weighted by molar-refractivity contribution is 5.66. The van der Waals surface area contributed by atoms with E-state index in [0.717, 1.165) is 36.3 Å². The number of nitrogen functional groups attached to an aromatic ring is 1. The average molecular weight is 304 g/mol. The van der Waals surface area contributed by atoms with Crippen LogP contribution in [0.1, 0.15) is 17.5 Å². The van der Waals surface area contributed by atoms with Crippen LogP contribution in [0.2, 0.25) is 0 Å². The lowest BCUT2D eigenvalue weighted by Crippen LogP contribution is -2.29. The largest absolute Gasteiger partial charge is 0.435 e. The molecular weight excluding hydrogens is 286 g/mol. The normalized spacial score (nSPS) is 14.0. The van der Waals surface area contributed by atoms with Gasteiger partial charge in [0.1, 0.15) is 5.75 Å². The first-order valence-corrected chi connectivity index (χ1v) is 7.29. The third-order valence-corrected chi connectivity index (χ3v) is 3.88. The molecule has 2 N–H and O–H groups in total. The highest BCUT2D eigenvalue weighted by atomic mass is 19.3. The Hall–Kier alpha value is -2.30. The number of ether oxygens (including phenoxy) is 1. The highest BCUT2D eigenvalue weighted by Crippen LogP contribution is 2.32. The van der Waals surface area contributed by atoms with E-state index in [9.17, 15) is 8.78 Å². The molecule has 2 aromatic carbocycles. The first-order valence-electron chi connectivity index (χ1n) is 7.29. The summed E-state index contributed by atoms with van der Waals surface area (Å²) in [6.07, 6.45) is 2.02. The number of alkyl halides is 2. The minimum Gasteiger partial charge on any atom is -0.435 e. The molecular formula is C17H18F2N2O. The number of benzene rings is 2. The molecule has 0 spiro atoms. The predicted molar refractivity (Wildman–Crippen MR) is 83.3 cm³/mol. The molecule has 0 radical (unpaired) electrons. The number of hydrogen-bond donors (Lipinski definition) is 1. The van der Waals surface area contributed by atoms with Gasteiger partial charge in [-0.05, 0) is 48.2 Å². The van der Waals surface area contributed by atoms with Gasteiger partial charge in [0, 0.05) is 24.5 Å². The van der Waals surface area contributed by atoms with E-state index in [1.807, 2.05) is 18.2 Å². The maximum absolute atomic E-state index is 12.3. The Kier molecular flexibility index (Phi) is 4.13. The molecule has 0 fully saturated rings. The van der Waals surface area contributed by atoms with Crippen LogP contribution in [0, 0.1) is 0 Å². The molecule has 0 amide bonds. The van der Waals surface area contributed by atoms with Gasteiger partial charge in [-0.2, -0.15) is 8.78 Å². The number of anilines is 2. The van der Waals surface area contributed by atoms with Crippen LogP contribution in [0.3, 0.4) is 0 Å². The molecule has 3 rings (SSSR count). The van der Waals surface area contributed by atoms with Crippen molar-refractivity contribution in [1.82, 2.24) is 0 Å². The predicted octanol–water partition coefficient (Wildman–Crippen LogP) is 3.82. The second kappa shape index (κ2) is 6.22. The Bertz CT molecular complexity index is 661. The molecule has 0 bridgehead atoms. The van der Waals surface area contributed by atoms with Crippen molar-refractivity contribution in [3.8, 4) is 5.75 Å². The van der Waals surface area contributed by atoms with Gasteiger partial charge in [0.2, 0.25) is 0 Å². The lowest BCUT2D eigenvalue weighted by Gasteiger charge is -2.32. The van der Waals surface area contributed by atoms with E-state index in [-0.39, 0.29) is 5.75 Å². The molecule has 0 unspecified atom stereocenters. The summed E-state index contributed by atoms with van der Waals surface area (Å²) in [6, 6.07) is 12.8. The molecule has 5 heteroatoms. The fraction of sp³-hybridized carbons (Fsp3) is 0.294. The Balaban J connectivity index is 1.82. The van der Waals surface area contributed by atoms with Crippen LogP contribution in [0.15, 0.2) is 42.5 Å². The van der Waals surface area contributed by atoms with Gasteiger partial charge >= 0.3 is 6.61 Å². The van der Waals surface area contributed by atoms with Gasteiger partial charge in [-0.1, -0.05) is 18.2 Å². The fourth-order valence-electron chi connectivity index (χ4n) is 2.93. The molecule has 22 heavy (non-hydrogen) atoms. The molecule has 0 aliphatic carbocycles. The zero-order valence-corrected chi connectivity index (χ0v) is 12.1. The maximum Gasteiger partial charge on any atom is 0.387 e. The lowest BCUT2D eigenvalue weighted by atomic mass is 9.99. The molecule has 0 saturated carbocycles. The monoisotopic (exact) mass is 304 g/mol. The second-order valence-corrected chi connectivity index (χ2v) is 5.40. The summed E-state index contributed by atoms with van der Waals surface area (Å²) in [5.74, 6) is 0.192. The highest BCUT2D eigenvalue weighted by Gasteiger charge is 2.18. The minimum atomic E-state index is -2.80. The fourth-order valence-corrected chi connectivity index (χ4v) is 2.93. The Morgan fingerprint density at radius 1 is 1.18 bits per heavy atom. The number of rotatable bonds is 4. The zero-order valence-electron chi connectivity index (χ0n) is 12.1. The molecule has 1 aliphatic heterocycles. The van der Waals surface area contributed by atoms with Crippen molar-refractivity contribution in [2.75, 3.05) is 17.2 Å². The van der Waals surface area contributed by atoms with Gasteiger partial charge in [-0.15, -0.1) is 0 Å². The van der Waals surface area contributed by atoms with Crippen LogP contribution in [0.25, 0.3) is 0 Å². The van der Waals surface area contributed by atoms with E-state index >= 15 is 0 Å². The number of fused-ring (bicyclic) bond motifs is 1. The summed E-state index contributed by atoms with van der Waals surface area (Å²) in [5, 5.41) is 0. The van der Waals surface area contributed by atoms with Crippen molar-refractivity contribution in [2.24, 2.45) is 0 Å². The van der Waals surface area contributed by atoms with E-state index in [0.29, 0.717) is 6.54 Å². The summed E-state index contributed by atoms with van der Waals surface area (Å²) in [5.41, 5.74) is 10.1. The molecule has 1 aliphatic rings. The van der Waals surface area contributed by atoms with Crippen molar-refractivity contribution >= 4 is 11.4 Å². The maximum atomic E-state index is 12.3. The summed E-state index contributed by atoms with van der Waals surface area (Å²) in [4.78, 5) is 2.23. The van der Waals surface area contributed by atoms with Gasteiger partial charge in [0.05, 0.1) is 0 Å². The van der Waals surface area contributed by atoms with E-state index in [1.54, 1.807) is 12.1 Å². The van der Waals surface area contributed by atoms with Crippen LogP contribution < -0.4 is 15.4 Å². The number of halogens is 2. The summed E-state index contributed by atoms with van der Waals surface area (Å²) in [6.45, 7) is -1.22. The molecule has 3 nitrogen and oxygen atoms in total. The molecule has 0 atom stereocenters. The standard InChI is InChI=1S/C17H18F2N2O/c18-17(19)22-13-5-1-4-12(10-13)11-21-9-3-6-14-15(20)7-2-8-16(14)21/h1-2,4-5,7-8,10,17H,3,6,9,11,20H2. The van der Waals surface area contributed by atoms with Gasteiger partial charge in [-0.25, -0.2) is 0 Å². The second-order valence-electron chi connectivity index (χ2n) is 5.40. The third-order valence-electron chi connectivity index (χ3n) is 3.88. The summed E-state index contributed by atoms with van der Waals surface area (Å²) in [7, 11) is 0. The molecule has 0 aromatic heterocycles. The van der Waals surface area contributed by atoms with Crippen LogP contribution >= 0.6 is 0 Å². The topological polar surface area (TPSA) is 38.5 Å². The lowest BCUT2D eigenvalue weighted by molar-refractivity contribution is -0.0498. The first-order chi connectivity index (χ1) is 10.6. The summed E-state index contributed by atoms with van der Waals surface area (Å²) >= 11 is 0. The van der Waals surface area contributed by atoms with Gasteiger partial charge in [0.25, 0.3) is 0 Å². The number of nitrogens with zero attached hydrogens (tertiary/aromatic N) is 1. The minimum absolute atomic E-state index is 0.192. The quantitative estimate of drug-likeness (QED) is 0.873. The van der Waals surface area contributed by atoms with Gasteiger partial charge < -0.3 is 15.4 Å². The smallest absolute Gasteiger partial charge is 0.387 e. The molecule has 1 heterocycles. The molecule has 0 saturated heterocycles. The molecule has 116 valence electrons. The van der Waals surface area contributed by atoms with E-state index in [1.165, 1.54) is 11.6 Å². The number of nitrogens with two attached hydrogens (primary N) is 1. The Labute approximate surface area is 128 Å². The van der Waals surface area contributed by atoms with Crippen LogP contribution in [0.4, 0.5) is 20.2 Å². The van der Waals surface area contributed by atoms with E-state index in [2.05, 4.69) is 15.7 Å². The third kappa shape index (κ3) is 3.13. The van der Waals surface area contributed by atoms with Gasteiger partial charge in [-0.3, -0.25) is 0 Å². The van der Waals surface area contributed by atoms with Crippen LogP contribution in [-0.4, -0.2) is 13.2 Å². The van der Waals surface area contributed by atoms with Crippen molar-refractivity contribution in [3.63, 3.8) is 0 Å². The van der Waals surface area contributed by atoms with Crippen LogP contribution in [0.5, 0.6) is 5.75 Å². The first kappa shape index (κ1) is 14.6. The van der Waals surface area contributed by atoms with Crippen molar-refractivity contribution in [3.05, 3.63) is 53.6 Å².